The van der Waals surface area contributed by atoms with Crippen LogP contribution in [0.3, 0.4) is 0 Å². The molecule has 0 aliphatic carbocycles. The highest BCUT2D eigenvalue weighted by Gasteiger charge is 2.21. The fourth-order valence-electron chi connectivity index (χ4n) is 3.13. The molecule has 1 fully saturated rings. The van der Waals surface area contributed by atoms with Gasteiger partial charge in [-0.3, -0.25) is 0 Å². The zero-order valence-corrected chi connectivity index (χ0v) is 14.9. The maximum Gasteiger partial charge on any atom is 0.186 e. The SMILES string of the molecule is CCOc1cccc2sc(N3CCN(c4ccc(F)cc4)CC3)nc12. The third-order valence-corrected chi connectivity index (χ3v) is 5.49. The highest BCUT2D eigenvalue weighted by molar-refractivity contribution is 7.22. The third kappa shape index (κ3) is 3.26. The van der Waals surface area contributed by atoms with Crippen molar-refractivity contribution < 1.29 is 9.13 Å². The van der Waals surface area contributed by atoms with Gasteiger partial charge in [0.1, 0.15) is 17.1 Å². The Labute approximate surface area is 150 Å². The van der Waals surface area contributed by atoms with E-state index in [1.54, 1.807) is 11.3 Å². The number of piperazine rings is 1. The zero-order valence-electron chi connectivity index (χ0n) is 14.1. The van der Waals surface area contributed by atoms with E-state index in [9.17, 15) is 4.39 Å². The smallest absolute Gasteiger partial charge is 0.186 e. The fourth-order valence-corrected chi connectivity index (χ4v) is 4.16. The summed E-state index contributed by atoms with van der Waals surface area (Å²) in [6.45, 7) is 6.24. The molecule has 25 heavy (non-hydrogen) atoms. The summed E-state index contributed by atoms with van der Waals surface area (Å²) in [4.78, 5) is 9.42. The van der Waals surface area contributed by atoms with Gasteiger partial charge in [0.2, 0.25) is 0 Å². The number of hydrogen-bond donors (Lipinski definition) is 0. The van der Waals surface area contributed by atoms with Crippen molar-refractivity contribution in [2.45, 2.75) is 6.92 Å². The van der Waals surface area contributed by atoms with E-state index in [1.165, 1.54) is 12.1 Å². The van der Waals surface area contributed by atoms with E-state index < -0.39 is 0 Å². The molecule has 0 unspecified atom stereocenters. The van der Waals surface area contributed by atoms with Crippen LogP contribution in [0.2, 0.25) is 0 Å². The standard InChI is InChI=1S/C19H20FN3OS/c1-2-24-16-4-3-5-17-18(16)21-19(25-17)23-12-10-22(11-13-23)15-8-6-14(20)7-9-15/h3-9H,2,10-13H2,1H3. The molecular weight excluding hydrogens is 337 g/mol. The van der Waals surface area contributed by atoms with Crippen molar-refractivity contribution in [2.75, 3.05) is 42.6 Å². The average Bonchev–Trinajstić information content (AvgIpc) is 3.08. The van der Waals surface area contributed by atoms with Crippen molar-refractivity contribution in [1.82, 2.24) is 4.98 Å². The summed E-state index contributed by atoms with van der Waals surface area (Å²) in [5, 5.41) is 1.04. The molecule has 4 nitrogen and oxygen atoms in total. The van der Waals surface area contributed by atoms with Crippen molar-refractivity contribution in [3.05, 3.63) is 48.3 Å². The molecule has 1 aromatic heterocycles. The second kappa shape index (κ2) is 6.88. The average molecular weight is 357 g/mol. The minimum Gasteiger partial charge on any atom is -0.492 e. The van der Waals surface area contributed by atoms with Gasteiger partial charge < -0.3 is 14.5 Å². The van der Waals surface area contributed by atoms with Gasteiger partial charge in [-0.2, -0.15) is 0 Å². The first-order valence-corrected chi connectivity index (χ1v) is 9.34. The van der Waals surface area contributed by atoms with Crippen LogP contribution in [-0.4, -0.2) is 37.8 Å². The number of hydrogen-bond acceptors (Lipinski definition) is 5. The van der Waals surface area contributed by atoms with Gasteiger partial charge in [0.15, 0.2) is 5.13 Å². The van der Waals surface area contributed by atoms with Crippen molar-refractivity contribution >= 4 is 32.4 Å². The Hall–Kier alpha value is -2.34. The molecule has 2 aromatic carbocycles. The molecule has 1 saturated heterocycles. The van der Waals surface area contributed by atoms with E-state index in [-0.39, 0.29) is 5.82 Å². The van der Waals surface area contributed by atoms with Crippen LogP contribution < -0.4 is 14.5 Å². The highest BCUT2D eigenvalue weighted by Crippen LogP contribution is 2.34. The Morgan fingerprint density at radius 3 is 2.48 bits per heavy atom. The molecule has 0 amide bonds. The van der Waals surface area contributed by atoms with Crippen molar-refractivity contribution in [3.63, 3.8) is 0 Å². The molecule has 1 aliphatic rings. The number of benzene rings is 2. The predicted molar refractivity (Wildman–Crippen MR) is 102 cm³/mol. The molecule has 0 N–H and O–H groups in total. The molecule has 0 saturated carbocycles. The van der Waals surface area contributed by atoms with Crippen LogP contribution in [0, 0.1) is 5.82 Å². The van der Waals surface area contributed by atoms with E-state index in [2.05, 4.69) is 15.9 Å². The van der Waals surface area contributed by atoms with E-state index in [4.69, 9.17) is 9.72 Å². The molecule has 130 valence electrons. The summed E-state index contributed by atoms with van der Waals surface area (Å²) in [7, 11) is 0. The van der Waals surface area contributed by atoms with Crippen LogP contribution in [0.25, 0.3) is 10.2 Å². The van der Waals surface area contributed by atoms with Gasteiger partial charge >= 0.3 is 0 Å². The highest BCUT2D eigenvalue weighted by atomic mass is 32.1. The summed E-state index contributed by atoms with van der Waals surface area (Å²) >= 11 is 1.71. The van der Waals surface area contributed by atoms with Gasteiger partial charge in [-0.25, -0.2) is 9.37 Å². The van der Waals surface area contributed by atoms with Gasteiger partial charge in [-0.15, -0.1) is 0 Å². The first-order valence-electron chi connectivity index (χ1n) is 8.52. The van der Waals surface area contributed by atoms with E-state index in [0.29, 0.717) is 6.61 Å². The number of thiazole rings is 1. The Kier molecular flexibility index (Phi) is 4.44. The number of ether oxygens (including phenoxy) is 1. The van der Waals surface area contributed by atoms with Crippen molar-refractivity contribution in [2.24, 2.45) is 0 Å². The monoisotopic (exact) mass is 357 g/mol. The predicted octanol–water partition coefficient (Wildman–Crippen LogP) is 4.16. The van der Waals surface area contributed by atoms with Crippen LogP contribution in [-0.2, 0) is 0 Å². The van der Waals surface area contributed by atoms with Gasteiger partial charge in [0.05, 0.1) is 11.3 Å². The van der Waals surface area contributed by atoms with Crippen LogP contribution in [0.15, 0.2) is 42.5 Å². The van der Waals surface area contributed by atoms with E-state index in [1.807, 2.05) is 31.2 Å². The summed E-state index contributed by atoms with van der Waals surface area (Å²) in [5.41, 5.74) is 2.02. The Balaban J connectivity index is 1.49. The topological polar surface area (TPSA) is 28.6 Å². The minimum atomic E-state index is -0.193. The molecule has 0 atom stereocenters. The molecule has 0 bridgehead atoms. The van der Waals surface area contributed by atoms with E-state index in [0.717, 1.165) is 53.0 Å². The lowest BCUT2D eigenvalue weighted by Gasteiger charge is -2.35. The molecule has 0 radical (unpaired) electrons. The second-order valence-corrected chi connectivity index (χ2v) is 6.99. The quantitative estimate of drug-likeness (QED) is 0.701. The first kappa shape index (κ1) is 16.1. The molecule has 3 aromatic rings. The maximum absolute atomic E-state index is 13.1. The van der Waals surface area contributed by atoms with Crippen molar-refractivity contribution in [1.29, 1.82) is 0 Å². The lowest BCUT2D eigenvalue weighted by atomic mass is 10.2. The molecule has 2 heterocycles. The van der Waals surface area contributed by atoms with Gasteiger partial charge in [0.25, 0.3) is 0 Å². The number of nitrogens with zero attached hydrogens (tertiary/aromatic N) is 3. The number of rotatable bonds is 4. The summed E-state index contributed by atoms with van der Waals surface area (Å²) in [5.74, 6) is 0.661. The molecule has 6 heteroatoms. The zero-order chi connectivity index (χ0) is 17.2. The third-order valence-electron chi connectivity index (χ3n) is 4.41. The van der Waals surface area contributed by atoms with Crippen LogP contribution in [0.1, 0.15) is 6.92 Å². The molecule has 4 rings (SSSR count). The lowest BCUT2D eigenvalue weighted by molar-refractivity contribution is 0.344. The number of anilines is 2. The molecule has 0 spiro atoms. The largest absolute Gasteiger partial charge is 0.492 e. The summed E-state index contributed by atoms with van der Waals surface area (Å²) in [6, 6.07) is 12.8. The lowest BCUT2D eigenvalue weighted by Crippen LogP contribution is -2.46. The number of fused-ring (bicyclic) bond motifs is 1. The normalized spacial score (nSPS) is 15.0. The summed E-state index contributed by atoms with van der Waals surface area (Å²) in [6.07, 6.45) is 0. The fraction of sp³-hybridized carbons (Fsp3) is 0.316. The number of para-hydroxylation sites is 1. The van der Waals surface area contributed by atoms with Crippen LogP contribution in [0.5, 0.6) is 5.75 Å². The Morgan fingerprint density at radius 2 is 1.76 bits per heavy atom. The first-order chi connectivity index (χ1) is 12.2. The Morgan fingerprint density at radius 1 is 1.04 bits per heavy atom. The summed E-state index contributed by atoms with van der Waals surface area (Å²) < 4.78 is 19.9. The van der Waals surface area contributed by atoms with Gasteiger partial charge in [-0.05, 0) is 43.3 Å². The van der Waals surface area contributed by atoms with Gasteiger partial charge in [0, 0.05) is 31.9 Å². The van der Waals surface area contributed by atoms with Crippen LogP contribution in [0.4, 0.5) is 15.2 Å². The van der Waals surface area contributed by atoms with E-state index >= 15 is 0 Å². The van der Waals surface area contributed by atoms with Crippen LogP contribution >= 0.6 is 11.3 Å². The maximum atomic E-state index is 13.1. The van der Waals surface area contributed by atoms with Gasteiger partial charge in [-0.1, -0.05) is 17.4 Å². The molecule has 1 aliphatic heterocycles. The van der Waals surface area contributed by atoms with Crippen molar-refractivity contribution in [3.8, 4) is 5.75 Å². The number of halogens is 1. The molecular formula is C19H20FN3OS. The second-order valence-electron chi connectivity index (χ2n) is 5.98. The Bertz CT molecular complexity index is 857. The number of aromatic nitrogens is 1. The minimum absolute atomic E-state index is 0.193.